The van der Waals surface area contributed by atoms with Crippen LogP contribution >= 0.6 is 0 Å². The van der Waals surface area contributed by atoms with Crippen LogP contribution in [0.3, 0.4) is 0 Å². The third-order valence-electron chi connectivity index (χ3n) is 8.18. The molecule has 8 rings (SSSR count). The molecular weight excluding hydrogens is 472 g/mol. The Morgan fingerprint density at radius 3 is 1.49 bits per heavy atom. The molecule has 8 aromatic rings. The summed E-state index contributed by atoms with van der Waals surface area (Å²) in [6.07, 6.45) is 1.04. The largest absolute Gasteiger partial charge is 0.456 e. The fraction of sp³-hybridized carbons (Fsp3) is 0.0526. The third kappa shape index (κ3) is 3.47. The molecule has 0 radical (unpaired) electrons. The molecule has 0 saturated heterocycles. The molecule has 0 unspecified atom stereocenters. The Bertz CT molecular complexity index is 2160. The van der Waals surface area contributed by atoms with Gasteiger partial charge < -0.3 is 4.42 Å². The van der Waals surface area contributed by atoms with E-state index in [2.05, 4.69) is 134 Å². The molecule has 0 atom stereocenters. The molecule has 39 heavy (non-hydrogen) atoms. The highest BCUT2D eigenvalue weighted by Gasteiger charge is 2.17. The van der Waals surface area contributed by atoms with Crippen LogP contribution < -0.4 is 0 Å². The van der Waals surface area contributed by atoms with Gasteiger partial charge in [0.25, 0.3) is 0 Å². The second kappa shape index (κ2) is 8.58. The first-order valence-corrected chi connectivity index (χ1v) is 13.7. The van der Waals surface area contributed by atoms with Crippen molar-refractivity contribution in [3.05, 3.63) is 133 Å². The van der Waals surface area contributed by atoms with E-state index in [0.717, 1.165) is 17.6 Å². The summed E-state index contributed by atoms with van der Waals surface area (Å²) in [5.41, 5.74) is 10.7. The van der Waals surface area contributed by atoms with Gasteiger partial charge in [0.15, 0.2) is 0 Å². The first-order valence-electron chi connectivity index (χ1n) is 13.7. The van der Waals surface area contributed by atoms with Crippen molar-refractivity contribution < 1.29 is 4.42 Å². The smallest absolute Gasteiger partial charge is 0.136 e. The molecule has 1 heterocycles. The summed E-state index contributed by atoms with van der Waals surface area (Å²) in [6, 6.07) is 46.3. The number of hydrogen-bond donors (Lipinski definition) is 0. The van der Waals surface area contributed by atoms with Crippen molar-refractivity contribution in [2.45, 2.75) is 13.3 Å². The zero-order valence-corrected chi connectivity index (χ0v) is 21.7. The fourth-order valence-corrected chi connectivity index (χ4v) is 6.22. The summed E-state index contributed by atoms with van der Waals surface area (Å²) in [5.74, 6) is 0. The van der Waals surface area contributed by atoms with E-state index in [-0.39, 0.29) is 0 Å². The van der Waals surface area contributed by atoms with Gasteiger partial charge in [-0.15, -0.1) is 0 Å². The summed E-state index contributed by atoms with van der Waals surface area (Å²) in [5, 5.41) is 7.50. The predicted octanol–water partition coefficient (Wildman–Crippen LogP) is 10.9. The van der Waals surface area contributed by atoms with Gasteiger partial charge in [-0.3, -0.25) is 0 Å². The van der Waals surface area contributed by atoms with E-state index >= 15 is 0 Å². The molecule has 0 saturated carbocycles. The summed E-state index contributed by atoms with van der Waals surface area (Å²) in [6.45, 7) is 2.20. The Hall–Kier alpha value is -4.88. The van der Waals surface area contributed by atoms with Crippen LogP contribution in [-0.4, -0.2) is 0 Å². The number of fused-ring (bicyclic) bond motifs is 3. The lowest BCUT2D eigenvalue weighted by Gasteiger charge is -2.12. The summed E-state index contributed by atoms with van der Waals surface area (Å²) in [4.78, 5) is 0. The Morgan fingerprint density at radius 1 is 0.410 bits per heavy atom. The van der Waals surface area contributed by atoms with Crippen LogP contribution in [0.25, 0.3) is 76.9 Å². The van der Waals surface area contributed by atoms with Crippen molar-refractivity contribution in [1.29, 1.82) is 0 Å². The van der Waals surface area contributed by atoms with E-state index in [1.54, 1.807) is 0 Å². The summed E-state index contributed by atoms with van der Waals surface area (Å²) in [7, 11) is 0. The fourth-order valence-electron chi connectivity index (χ4n) is 6.22. The Morgan fingerprint density at radius 2 is 0.897 bits per heavy atom. The van der Waals surface area contributed by atoms with Crippen molar-refractivity contribution in [3.8, 4) is 33.4 Å². The van der Waals surface area contributed by atoms with E-state index in [9.17, 15) is 0 Å². The highest BCUT2D eigenvalue weighted by molar-refractivity contribution is 6.33. The summed E-state index contributed by atoms with van der Waals surface area (Å²) < 4.78 is 6.22. The first-order chi connectivity index (χ1) is 19.3. The average Bonchev–Trinajstić information content (AvgIpc) is 3.40. The number of hydrogen-bond acceptors (Lipinski definition) is 1. The third-order valence-corrected chi connectivity index (χ3v) is 8.18. The number of aryl methyl sites for hydroxylation is 1. The molecule has 1 nitrogen and oxygen atoms in total. The van der Waals surface area contributed by atoms with Crippen LogP contribution in [0.4, 0.5) is 0 Å². The van der Waals surface area contributed by atoms with Crippen LogP contribution in [0.2, 0.25) is 0 Å². The van der Waals surface area contributed by atoms with Crippen molar-refractivity contribution in [2.24, 2.45) is 0 Å². The van der Waals surface area contributed by atoms with E-state index < -0.39 is 0 Å². The van der Waals surface area contributed by atoms with Gasteiger partial charge in [0.05, 0.1) is 0 Å². The minimum Gasteiger partial charge on any atom is -0.456 e. The molecular formula is C38H26O. The minimum absolute atomic E-state index is 0.956. The lowest BCUT2D eigenvalue weighted by atomic mass is 9.91. The standard InChI is InChI=1S/C38H26O/c1-2-24-8-3-9-25(20-24)26-10-4-11-27(21-26)28-12-5-13-29(22-28)30-18-19-31-32-14-6-16-35-37(32)38-33(34(31)23-30)15-7-17-36(38)39-35/h3-23H,2H2,1H3. The number of furan rings is 1. The zero-order chi connectivity index (χ0) is 25.9. The SMILES string of the molecule is CCc1cccc(-c2cccc(-c3cccc(-c4ccc5c(c4)c4cccc6oc7cccc5c7c64)c3)c2)c1. The molecule has 0 bridgehead atoms. The monoisotopic (exact) mass is 498 g/mol. The molecule has 0 amide bonds. The quantitative estimate of drug-likeness (QED) is 0.220. The van der Waals surface area contributed by atoms with Crippen molar-refractivity contribution in [2.75, 3.05) is 0 Å². The molecule has 184 valence electrons. The normalized spacial score (nSPS) is 11.8. The zero-order valence-electron chi connectivity index (χ0n) is 21.7. The van der Waals surface area contributed by atoms with Gasteiger partial charge in [0.1, 0.15) is 11.2 Å². The van der Waals surface area contributed by atoms with Crippen LogP contribution in [0.5, 0.6) is 0 Å². The van der Waals surface area contributed by atoms with Crippen molar-refractivity contribution >= 4 is 43.5 Å². The lowest BCUT2D eigenvalue weighted by molar-refractivity contribution is 0.669. The van der Waals surface area contributed by atoms with Crippen molar-refractivity contribution in [1.82, 2.24) is 0 Å². The second-order valence-corrected chi connectivity index (χ2v) is 10.4. The van der Waals surface area contributed by atoms with Gasteiger partial charge >= 0.3 is 0 Å². The van der Waals surface area contributed by atoms with Gasteiger partial charge in [-0.05, 0) is 97.2 Å². The topological polar surface area (TPSA) is 13.1 Å². The maximum Gasteiger partial charge on any atom is 0.136 e. The summed E-state index contributed by atoms with van der Waals surface area (Å²) >= 11 is 0. The predicted molar refractivity (Wildman–Crippen MR) is 166 cm³/mol. The maximum absolute atomic E-state index is 6.22. The second-order valence-electron chi connectivity index (χ2n) is 10.4. The molecule has 1 heteroatoms. The number of benzene rings is 7. The molecule has 0 fully saturated rings. The number of rotatable bonds is 4. The van der Waals surface area contributed by atoms with Crippen molar-refractivity contribution in [3.63, 3.8) is 0 Å². The van der Waals surface area contributed by atoms with Crippen LogP contribution in [0, 0.1) is 0 Å². The van der Waals surface area contributed by atoms with Gasteiger partial charge in [0.2, 0.25) is 0 Å². The minimum atomic E-state index is 0.956. The van der Waals surface area contributed by atoms with Gasteiger partial charge in [-0.1, -0.05) is 104 Å². The van der Waals surface area contributed by atoms with Gasteiger partial charge in [-0.2, -0.15) is 0 Å². The molecule has 0 aliphatic rings. The van der Waals surface area contributed by atoms with E-state index in [4.69, 9.17) is 4.42 Å². The average molecular weight is 499 g/mol. The Kier molecular flexibility index (Phi) is 4.87. The van der Waals surface area contributed by atoms with E-state index in [1.165, 1.54) is 71.3 Å². The first kappa shape index (κ1) is 22.1. The molecule has 0 spiro atoms. The van der Waals surface area contributed by atoms with E-state index in [1.807, 2.05) is 0 Å². The van der Waals surface area contributed by atoms with Crippen LogP contribution in [-0.2, 0) is 6.42 Å². The van der Waals surface area contributed by atoms with Gasteiger partial charge in [-0.25, -0.2) is 0 Å². The highest BCUT2D eigenvalue weighted by Crippen LogP contribution is 2.43. The Balaban J connectivity index is 1.27. The highest BCUT2D eigenvalue weighted by atomic mass is 16.3. The molecule has 7 aromatic carbocycles. The molecule has 0 aliphatic carbocycles. The molecule has 0 N–H and O–H groups in total. The Labute approximate surface area is 227 Å². The molecule has 0 aliphatic heterocycles. The lowest BCUT2D eigenvalue weighted by Crippen LogP contribution is -1.86. The van der Waals surface area contributed by atoms with Crippen LogP contribution in [0.15, 0.2) is 132 Å². The maximum atomic E-state index is 6.22. The molecule has 1 aromatic heterocycles. The van der Waals surface area contributed by atoms with Gasteiger partial charge in [0, 0.05) is 10.8 Å². The van der Waals surface area contributed by atoms with Crippen LogP contribution in [0.1, 0.15) is 12.5 Å². The van der Waals surface area contributed by atoms with E-state index in [0.29, 0.717) is 0 Å².